The van der Waals surface area contributed by atoms with Crippen LogP contribution < -0.4 is 11.1 Å². The average molecular weight is 501 g/mol. The minimum absolute atomic E-state index is 0.124. The number of ketones is 1. The second kappa shape index (κ2) is 8.30. The minimum Gasteiger partial charge on any atom is -0.351 e. The molecule has 0 saturated carbocycles. The molecule has 1 aromatic carbocycles. The third kappa shape index (κ3) is 4.09. The summed E-state index contributed by atoms with van der Waals surface area (Å²) in [5, 5.41) is 4.31. The largest absolute Gasteiger partial charge is 0.351 e. The Bertz CT molecular complexity index is 1310. The number of amides is 3. The number of thiophene rings is 1. The van der Waals surface area contributed by atoms with Crippen LogP contribution in [0.25, 0.3) is 10.2 Å². The van der Waals surface area contributed by atoms with Gasteiger partial charge in [0, 0.05) is 50.8 Å². The summed E-state index contributed by atoms with van der Waals surface area (Å²) in [6.07, 6.45) is 1.84. The summed E-state index contributed by atoms with van der Waals surface area (Å²) in [5.74, 6) is -0.0421. The first-order valence-electron chi connectivity index (χ1n) is 10.5. The first-order valence-corrected chi connectivity index (χ1v) is 12.5. The molecule has 1 fully saturated rings. The summed E-state index contributed by atoms with van der Waals surface area (Å²) in [6, 6.07) is 8.37. The number of thioether (sulfide) groups is 1. The fourth-order valence-corrected chi connectivity index (χ4v) is 7.39. The number of pyridine rings is 1. The number of aromatic nitrogens is 1. The molecular formula is C23H21ClN4O3S2. The Hall–Kier alpha value is -2.62. The fourth-order valence-electron chi connectivity index (χ4n) is 4.51. The van der Waals surface area contributed by atoms with Crippen LogP contribution in [0, 0.1) is 6.92 Å². The average Bonchev–Trinajstić information content (AvgIpc) is 3.09. The molecule has 0 aliphatic carbocycles. The third-order valence-electron chi connectivity index (χ3n) is 6.16. The van der Waals surface area contributed by atoms with Crippen molar-refractivity contribution in [1.29, 1.82) is 0 Å². The van der Waals surface area contributed by atoms with E-state index in [0.717, 1.165) is 16.2 Å². The summed E-state index contributed by atoms with van der Waals surface area (Å²) in [6.45, 7) is 2.91. The predicted molar refractivity (Wildman–Crippen MR) is 132 cm³/mol. The van der Waals surface area contributed by atoms with Crippen LogP contribution in [0.5, 0.6) is 0 Å². The molecule has 7 nitrogen and oxygen atoms in total. The van der Waals surface area contributed by atoms with Crippen LogP contribution in [0.15, 0.2) is 35.2 Å². The highest BCUT2D eigenvalue weighted by atomic mass is 35.5. The number of carbonyl (C=O) groups excluding carboxylic acids is 3. The van der Waals surface area contributed by atoms with E-state index in [9.17, 15) is 14.4 Å². The lowest BCUT2D eigenvalue weighted by Gasteiger charge is -2.43. The molecule has 170 valence electrons. The third-order valence-corrected chi connectivity index (χ3v) is 8.95. The normalized spacial score (nSPS) is 17.3. The molecule has 4 heterocycles. The standard InChI is InChI=1S/C23H21ClN4O3S2/c1-12-2-4-15-18(20(27-22(25)31)32-19(15)26-12)21(30)28-8-6-23(7-9-28)11-16(29)14-5-3-13(24)10-17(14)33-23/h2-5,10H,6-9,11H2,1H3,(H3,25,27,31). The number of halogens is 1. The van der Waals surface area contributed by atoms with Gasteiger partial charge in [-0.3, -0.25) is 14.9 Å². The first kappa shape index (κ1) is 22.2. The van der Waals surface area contributed by atoms with E-state index < -0.39 is 6.03 Å². The van der Waals surface area contributed by atoms with Crippen LogP contribution in [0.4, 0.5) is 9.80 Å². The van der Waals surface area contributed by atoms with Gasteiger partial charge in [0.05, 0.1) is 5.56 Å². The number of nitrogens with two attached hydrogens (primary N) is 1. The summed E-state index contributed by atoms with van der Waals surface area (Å²) in [7, 11) is 0. The van der Waals surface area contributed by atoms with Gasteiger partial charge in [0.1, 0.15) is 9.83 Å². The second-order valence-corrected chi connectivity index (χ2v) is 11.4. The van der Waals surface area contributed by atoms with E-state index in [0.29, 0.717) is 58.2 Å². The van der Waals surface area contributed by atoms with Crippen molar-refractivity contribution in [2.75, 3.05) is 18.4 Å². The maximum atomic E-state index is 13.6. The van der Waals surface area contributed by atoms with Crippen molar-refractivity contribution < 1.29 is 14.4 Å². The number of hydrogen-bond acceptors (Lipinski definition) is 6. The van der Waals surface area contributed by atoms with E-state index in [4.69, 9.17) is 17.3 Å². The molecule has 0 atom stereocenters. The molecule has 0 unspecified atom stereocenters. The van der Waals surface area contributed by atoms with Gasteiger partial charge < -0.3 is 10.6 Å². The van der Waals surface area contributed by atoms with Gasteiger partial charge in [-0.15, -0.1) is 11.8 Å². The molecule has 2 aromatic heterocycles. The summed E-state index contributed by atoms with van der Waals surface area (Å²) in [4.78, 5) is 45.8. The number of benzene rings is 1. The molecular weight excluding hydrogens is 480 g/mol. The Balaban J connectivity index is 1.40. The minimum atomic E-state index is -0.723. The van der Waals surface area contributed by atoms with Crippen molar-refractivity contribution in [2.24, 2.45) is 5.73 Å². The number of fused-ring (bicyclic) bond motifs is 2. The molecule has 3 aromatic rings. The lowest BCUT2D eigenvalue weighted by molar-refractivity contribution is 0.0699. The number of urea groups is 1. The van der Waals surface area contributed by atoms with E-state index in [1.807, 2.05) is 25.1 Å². The number of rotatable bonds is 2. The fraction of sp³-hybridized carbons (Fsp3) is 0.304. The van der Waals surface area contributed by atoms with E-state index in [-0.39, 0.29) is 16.4 Å². The van der Waals surface area contributed by atoms with Gasteiger partial charge in [0.2, 0.25) is 0 Å². The lowest BCUT2D eigenvalue weighted by atomic mass is 9.87. The van der Waals surface area contributed by atoms with Gasteiger partial charge in [-0.05, 0) is 50.1 Å². The van der Waals surface area contributed by atoms with E-state index in [1.54, 1.807) is 28.8 Å². The second-order valence-electron chi connectivity index (χ2n) is 8.42. The van der Waals surface area contributed by atoms with Crippen molar-refractivity contribution in [3.8, 4) is 0 Å². The highest BCUT2D eigenvalue weighted by Crippen LogP contribution is 2.49. The van der Waals surface area contributed by atoms with Crippen molar-refractivity contribution >= 4 is 67.6 Å². The molecule has 2 aliphatic heterocycles. The molecule has 3 N–H and O–H groups in total. The highest BCUT2D eigenvalue weighted by molar-refractivity contribution is 8.01. The molecule has 1 spiro atoms. The smallest absolute Gasteiger partial charge is 0.317 e. The van der Waals surface area contributed by atoms with Crippen molar-refractivity contribution in [1.82, 2.24) is 9.88 Å². The van der Waals surface area contributed by atoms with Crippen LogP contribution in [-0.4, -0.2) is 45.4 Å². The summed E-state index contributed by atoms with van der Waals surface area (Å²) < 4.78 is -0.241. The quantitative estimate of drug-likeness (QED) is 0.509. The van der Waals surface area contributed by atoms with Crippen LogP contribution in [0.1, 0.15) is 45.7 Å². The molecule has 5 rings (SSSR count). The van der Waals surface area contributed by atoms with E-state index >= 15 is 0 Å². The van der Waals surface area contributed by atoms with E-state index in [2.05, 4.69) is 10.3 Å². The van der Waals surface area contributed by atoms with E-state index in [1.165, 1.54) is 11.3 Å². The highest BCUT2D eigenvalue weighted by Gasteiger charge is 2.43. The van der Waals surface area contributed by atoms with Gasteiger partial charge in [-0.1, -0.05) is 22.9 Å². The molecule has 33 heavy (non-hydrogen) atoms. The number of aryl methyl sites for hydroxylation is 1. The van der Waals surface area contributed by atoms with Gasteiger partial charge in [-0.2, -0.15) is 0 Å². The zero-order chi connectivity index (χ0) is 23.3. The lowest BCUT2D eigenvalue weighted by Crippen LogP contribution is -2.47. The Morgan fingerprint density at radius 3 is 2.70 bits per heavy atom. The number of piperidine rings is 1. The number of nitrogens with one attached hydrogen (secondary N) is 1. The van der Waals surface area contributed by atoms with Crippen LogP contribution in [0.3, 0.4) is 0 Å². The van der Waals surface area contributed by atoms with Gasteiger partial charge in [-0.25, -0.2) is 9.78 Å². The molecule has 1 saturated heterocycles. The van der Waals surface area contributed by atoms with Crippen molar-refractivity contribution in [3.63, 3.8) is 0 Å². The van der Waals surface area contributed by atoms with Crippen molar-refractivity contribution in [3.05, 3.63) is 52.2 Å². The molecule has 3 amide bonds. The van der Waals surface area contributed by atoms with Gasteiger partial charge in [0.15, 0.2) is 5.78 Å². The number of carbonyl (C=O) groups is 3. The number of anilines is 1. The van der Waals surface area contributed by atoms with Gasteiger partial charge in [0.25, 0.3) is 5.91 Å². The number of likely N-dealkylation sites (tertiary alicyclic amines) is 1. The van der Waals surface area contributed by atoms with Crippen LogP contribution in [0.2, 0.25) is 5.02 Å². The molecule has 0 bridgehead atoms. The van der Waals surface area contributed by atoms with Crippen molar-refractivity contribution in [2.45, 2.75) is 35.8 Å². The van der Waals surface area contributed by atoms with Crippen LogP contribution in [-0.2, 0) is 0 Å². The monoisotopic (exact) mass is 500 g/mol. The molecule has 10 heteroatoms. The Kier molecular flexibility index (Phi) is 5.58. The number of Topliss-reactive ketones (excluding diaryl/α,β-unsaturated/α-hetero) is 1. The van der Waals surface area contributed by atoms with Crippen LogP contribution >= 0.6 is 34.7 Å². The molecule has 0 radical (unpaired) electrons. The Labute approximate surface area is 203 Å². The first-order chi connectivity index (χ1) is 15.7. The SMILES string of the molecule is Cc1ccc2c(C(=O)N3CCC4(CC3)CC(=O)c3ccc(Cl)cc3S4)c(NC(N)=O)sc2n1. The topological polar surface area (TPSA) is 105 Å². The zero-order valence-corrected chi connectivity index (χ0v) is 20.2. The summed E-state index contributed by atoms with van der Waals surface area (Å²) >= 11 is 9.10. The summed E-state index contributed by atoms with van der Waals surface area (Å²) in [5.41, 5.74) is 7.32. The Morgan fingerprint density at radius 2 is 1.97 bits per heavy atom. The maximum absolute atomic E-state index is 13.6. The zero-order valence-electron chi connectivity index (χ0n) is 17.8. The Morgan fingerprint density at radius 1 is 1.21 bits per heavy atom. The molecule has 2 aliphatic rings. The number of hydrogen-bond donors (Lipinski definition) is 2. The number of nitrogens with zero attached hydrogens (tertiary/aromatic N) is 2. The number of primary amides is 1. The maximum Gasteiger partial charge on any atom is 0.317 e. The predicted octanol–water partition coefficient (Wildman–Crippen LogP) is 5.10. The van der Waals surface area contributed by atoms with Gasteiger partial charge >= 0.3 is 6.03 Å².